The van der Waals surface area contributed by atoms with Gasteiger partial charge in [-0.2, -0.15) is 0 Å². The van der Waals surface area contributed by atoms with Crippen LogP contribution in [-0.4, -0.2) is 29.5 Å². The molecule has 0 fully saturated rings. The summed E-state index contributed by atoms with van der Waals surface area (Å²) in [6.45, 7) is -3.30. The van der Waals surface area contributed by atoms with Crippen molar-refractivity contribution in [2.24, 2.45) is 0 Å². The highest BCUT2D eigenvalue weighted by Gasteiger charge is 2.27. The summed E-state index contributed by atoms with van der Waals surface area (Å²) in [7, 11) is 0. The summed E-state index contributed by atoms with van der Waals surface area (Å²) in [4.78, 5) is 21.8. The van der Waals surface area contributed by atoms with E-state index in [9.17, 15) is 20.0 Å². The first-order valence-corrected chi connectivity index (χ1v) is 4.19. The molecule has 7 nitrogen and oxygen atoms in total. The molecule has 1 aromatic rings. The maximum Gasteiger partial charge on any atom is 0.314 e. The number of carbonyl (C=O) groups excluding carboxylic acids is 1. The van der Waals surface area contributed by atoms with E-state index in [4.69, 9.17) is 8.85 Å². The molecule has 0 spiro atoms. The second-order valence-electron chi connectivity index (χ2n) is 3.08. The second kappa shape index (κ2) is 3.37. The minimum Gasteiger partial charge on any atom is -0.502 e. The smallest absolute Gasteiger partial charge is 0.314 e. The number of nitro groups is 1. The number of nitro benzene ring substituents is 1. The van der Waals surface area contributed by atoms with Gasteiger partial charge in [0.05, 0.1) is 16.7 Å². The first kappa shape index (κ1) is 7.04. The fourth-order valence-corrected chi connectivity index (χ4v) is 1.32. The van der Waals surface area contributed by atoms with Gasteiger partial charge in [0, 0.05) is 17.2 Å². The van der Waals surface area contributed by atoms with Crippen LogP contribution in [0.25, 0.3) is 0 Å². The summed E-state index contributed by atoms with van der Waals surface area (Å²) >= 11 is 0. The van der Waals surface area contributed by atoms with E-state index in [-0.39, 0.29) is 11.4 Å². The SMILES string of the molecule is [2H]C([2H])([2H])N1C(=O)COc2cc([N+](=O)[O-])c(O)cc21. The number of aromatic hydroxyl groups is 1. The van der Waals surface area contributed by atoms with Crippen LogP contribution in [0.5, 0.6) is 11.5 Å². The normalized spacial score (nSPS) is 17.9. The molecule has 0 saturated carbocycles. The van der Waals surface area contributed by atoms with Gasteiger partial charge >= 0.3 is 5.69 Å². The molecular formula is C9H8N2O5. The highest BCUT2D eigenvalue weighted by atomic mass is 16.6. The van der Waals surface area contributed by atoms with E-state index in [1.54, 1.807) is 0 Å². The van der Waals surface area contributed by atoms with Crippen molar-refractivity contribution in [1.29, 1.82) is 0 Å². The maximum atomic E-state index is 11.6. The van der Waals surface area contributed by atoms with Gasteiger partial charge in [0.15, 0.2) is 18.1 Å². The third kappa shape index (κ3) is 1.42. The van der Waals surface area contributed by atoms with Crippen LogP contribution >= 0.6 is 0 Å². The van der Waals surface area contributed by atoms with Crippen molar-refractivity contribution in [3.63, 3.8) is 0 Å². The van der Waals surface area contributed by atoms with Crippen LogP contribution in [0.4, 0.5) is 11.4 Å². The Morgan fingerprint density at radius 3 is 3.06 bits per heavy atom. The summed E-state index contributed by atoms with van der Waals surface area (Å²) in [5.74, 6) is -1.70. The van der Waals surface area contributed by atoms with Crippen molar-refractivity contribution >= 4 is 17.3 Å². The van der Waals surface area contributed by atoms with Crippen molar-refractivity contribution in [1.82, 2.24) is 0 Å². The van der Waals surface area contributed by atoms with Gasteiger partial charge in [0.25, 0.3) is 5.91 Å². The van der Waals surface area contributed by atoms with Gasteiger partial charge in [-0.05, 0) is 0 Å². The summed E-state index contributed by atoms with van der Waals surface area (Å²) < 4.78 is 26.7. The van der Waals surface area contributed by atoms with E-state index >= 15 is 0 Å². The minimum atomic E-state index is -2.77. The molecule has 0 radical (unpaired) electrons. The molecule has 1 amide bonds. The van der Waals surface area contributed by atoms with E-state index in [2.05, 4.69) is 0 Å². The van der Waals surface area contributed by atoms with Gasteiger partial charge in [0.2, 0.25) is 0 Å². The van der Waals surface area contributed by atoms with Crippen LogP contribution in [0, 0.1) is 10.1 Å². The molecule has 16 heavy (non-hydrogen) atoms. The van der Waals surface area contributed by atoms with Crippen LogP contribution in [0.1, 0.15) is 4.11 Å². The molecule has 1 heterocycles. The lowest BCUT2D eigenvalue weighted by Gasteiger charge is -2.25. The van der Waals surface area contributed by atoms with Crippen molar-refractivity contribution in [2.75, 3.05) is 18.5 Å². The first-order valence-electron chi connectivity index (χ1n) is 5.69. The maximum absolute atomic E-state index is 11.6. The van der Waals surface area contributed by atoms with Crippen LogP contribution in [0.2, 0.25) is 0 Å². The molecular weight excluding hydrogens is 216 g/mol. The zero-order chi connectivity index (χ0) is 14.4. The molecule has 1 aliphatic heterocycles. The Hall–Kier alpha value is -2.31. The molecule has 0 aromatic heterocycles. The van der Waals surface area contributed by atoms with Crippen LogP contribution in [0.15, 0.2) is 12.1 Å². The van der Waals surface area contributed by atoms with E-state index < -0.39 is 35.9 Å². The lowest BCUT2D eigenvalue weighted by Crippen LogP contribution is -2.35. The van der Waals surface area contributed by atoms with Gasteiger partial charge in [-0.3, -0.25) is 14.9 Å². The summed E-state index contributed by atoms with van der Waals surface area (Å²) in [6.07, 6.45) is 0. The molecule has 1 aromatic carbocycles. The number of fused-ring (bicyclic) bond motifs is 1. The fraction of sp³-hybridized carbons (Fsp3) is 0.222. The second-order valence-corrected chi connectivity index (χ2v) is 3.08. The number of carbonyl (C=O) groups is 1. The number of rotatable bonds is 1. The van der Waals surface area contributed by atoms with Crippen molar-refractivity contribution in [3.05, 3.63) is 22.2 Å². The number of phenolic OH excluding ortho intramolecular Hbond substituents is 1. The summed E-state index contributed by atoms with van der Waals surface area (Å²) in [5, 5.41) is 20.1. The first-order chi connectivity index (χ1) is 8.71. The standard InChI is InChI=1S/C9H8N2O5/c1-10-6-2-7(12)5(11(14)15)3-8(6)16-4-9(10)13/h2-3,12H,4H2,1H3/i1D3. The molecule has 84 valence electrons. The number of likely N-dealkylation sites (N-methyl/N-ethyl adjacent to an activating group) is 1. The molecule has 0 atom stereocenters. The van der Waals surface area contributed by atoms with Gasteiger partial charge < -0.3 is 14.7 Å². The number of hydrogen-bond acceptors (Lipinski definition) is 5. The Bertz CT molecular complexity index is 572. The summed E-state index contributed by atoms with van der Waals surface area (Å²) in [6, 6.07) is 1.72. The van der Waals surface area contributed by atoms with Crippen LogP contribution in [0.3, 0.4) is 0 Å². The molecule has 7 heteroatoms. The average Bonchev–Trinajstić information content (AvgIpc) is 2.25. The number of benzene rings is 1. The predicted octanol–water partition coefficient (Wildman–Crippen LogP) is 0.656. The molecule has 0 aliphatic carbocycles. The van der Waals surface area contributed by atoms with Gasteiger partial charge in [0.1, 0.15) is 0 Å². The number of nitrogens with zero attached hydrogens (tertiary/aromatic N) is 2. The number of anilines is 1. The number of phenols is 1. The number of hydrogen-bond donors (Lipinski definition) is 1. The Morgan fingerprint density at radius 1 is 1.69 bits per heavy atom. The Balaban J connectivity index is 2.61. The van der Waals surface area contributed by atoms with Crippen LogP contribution < -0.4 is 9.64 Å². The molecule has 1 aliphatic rings. The van der Waals surface area contributed by atoms with E-state index in [0.717, 1.165) is 12.1 Å². The minimum absolute atomic E-state index is 0.139. The zero-order valence-corrected chi connectivity index (χ0v) is 7.84. The van der Waals surface area contributed by atoms with E-state index in [1.807, 2.05) is 0 Å². The molecule has 0 bridgehead atoms. The Kier molecular flexibility index (Phi) is 1.48. The molecule has 0 saturated heterocycles. The topological polar surface area (TPSA) is 92.9 Å². The molecule has 1 N–H and O–H groups in total. The zero-order valence-electron chi connectivity index (χ0n) is 10.8. The van der Waals surface area contributed by atoms with Crippen molar-refractivity contribution in [2.45, 2.75) is 0 Å². The lowest BCUT2D eigenvalue weighted by molar-refractivity contribution is -0.385. The highest BCUT2D eigenvalue weighted by Crippen LogP contribution is 2.40. The summed E-state index contributed by atoms with van der Waals surface area (Å²) in [5.41, 5.74) is -0.849. The fourth-order valence-electron chi connectivity index (χ4n) is 1.32. The van der Waals surface area contributed by atoms with E-state index in [0.29, 0.717) is 4.90 Å². The largest absolute Gasteiger partial charge is 0.502 e. The van der Waals surface area contributed by atoms with Gasteiger partial charge in [-0.15, -0.1) is 0 Å². The quantitative estimate of drug-likeness (QED) is 0.561. The van der Waals surface area contributed by atoms with E-state index in [1.165, 1.54) is 0 Å². The lowest BCUT2D eigenvalue weighted by atomic mass is 10.2. The number of amides is 1. The van der Waals surface area contributed by atoms with Crippen molar-refractivity contribution in [3.8, 4) is 11.5 Å². The third-order valence-electron chi connectivity index (χ3n) is 2.09. The molecule has 2 rings (SSSR count). The average molecular weight is 227 g/mol. The number of ether oxygens (including phenoxy) is 1. The Labute approximate surface area is 94.2 Å². The Morgan fingerprint density at radius 2 is 2.44 bits per heavy atom. The van der Waals surface area contributed by atoms with Crippen LogP contribution in [-0.2, 0) is 4.79 Å². The molecule has 0 unspecified atom stereocenters. The monoisotopic (exact) mass is 227 g/mol. The van der Waals surface area contributed by atoms with Crippen molar-refractivity contribution < 1.29 is 23.7 Å². The highest BCUT2D eigenvalue weighted by molar-refractivity contribution is 5.97. The van der Waals surface area contributed by atoms with Gasteiger partial charge in [-0.1, -0.05) is 0 Å². The third-order valence-corrected chi connectivity index (χ3v) is 2.09. The van der Waals surface area contributed by atoms with Gasteiger partial charge in [-0.25, -0.2) is 0 Å². The predicted molar refractivity (Wildman–Crippen MR) is 53.7 cm³/mol.